The Morgan fingerprint density at radius 2 is 2.32 bits per heavy atom. The van der Waals surface area contributed by atoms with E-state index < -0.39 is 5.54 Å². The normalized spacial score (nSPS) is 21.3. The summed E-state index contributed by atoms with van der Waals surface area (Å²) in [4.78, 5) is 22.6. The van der Waals surface area contributed by atoms with Crippen molar-refractivity contribution < 1.29 is 9.32 Å². The van der Waals surface area contributed by atoms with Crippen LogP contribution in [0.2, 0.25) is 0 Å². The Labute approximate surface area is 132 Å². The minimum Gasteiger partial charge on any atom is -0.344 e. The molecular formula is C13H18N6O2S. The van der Waals surface area contributed by atoms with Gasteiger partial charge in [-0.25, -0.2) is 4.98 Å². The second-order valence-corrected chi connectivity index (χ2v) is 6.15. The van der Waals surface area contributed by atoms with Crippen molar-refractivity contribution in [1.29, 1.82) is 0 Å². The zero-order valence-electron chi connectivity index (χ0n) is 12.8. The molecule has 0 aliphatic carbocycles. The maximum absolute atomic E-state index is 11.6. The van der Waals surface area contributed by atoms with Crippen LogP contribution in [0, 0.1) is 6.92 Å². The van der Waals surface area contributed by atoms with Crippen LogP contribution in [0.3, 0.4) is 0 Å². The first-order valence-electron chi connectivity index (χ1n) is 7.19. The van der Waals surface area contributed by atoms with Crippen molar-refractivity contribution in [3.05, 3.63) is 17.5 Å². The molecule has 0 aromatic carbocycles. The summed E-state index contributed by atoms with van der Waals surface area (Å²) in [6.45, 7) is 6.58. The lowest BCUT2D eigenvalue weighted by molar-refractivity contribution is -0.120. The Hall–Kier alpha value is -2.03. The molecule has 0 radical (unpaired) electrons. The van der Waals surface area contributed by atoms with Crippen LogP contribution in [0.25, 0.3) is 0 Å². The van der Waals surface area contributed by atoms with Crippen LogP contribution < -0.4 is 10.2 Å². The zero-order chi connectivity index (χ0) is 15.7. The highest BCUT2D eigenvalue weighted by Crippen LogP contribution is 2.34. The van der Waals surface area contributed by atoms with Crippen molar-refractivity contribution >= 4 is 22.6 Å². The quantitative estimate of drug-likeness (QED) is 0.898. The molecule has 8 nitrogen and oxygen atoms in total. The highest BCUT2D eigenvalue weighted by molar-refractivity contribution is 7.09. The average molecular weight is 322 g/mol. The number of aromatic nitrogens is 4. The van der Waals surface area contributed by atoms with E-state index in [1.807, 2.05) is 6.92 Å². The predicted molar refractivity (Wildman–Crippen MR) is 80.6 cm³/mol. The molecule has 0 bridgehead atoms. The molecule has 1 aliphatic heterocycles. The molecule has 3 heterocycles. The maximum Gasteiger partial charge on any atom is 0.223 e. The van der Waals surface area contributed by atoms with Gasteiger partial charge in [-0.1, -0.05) is 12.1 Å². The minimum atomic E-state index is -0.637. The topological polar surface area (TPSA) is 97.0 Å². The van der Waals surface area contributed by atoms with Gasteiger partial charge in [-0.3, -0.25) is 4.79 Å². The average Bonchev–Trinajstić information content (AvgIpc) is 3.16. The second-order valence-electron chi connectivity index (χ2n) is 5.42. The number of nitrogens with zero attached hydrogens (tertiary/aromatic N) is 5. The Balaban J connectivity index is 1.87. The number of anilines is 1. The van der Waals surface area contributed by atoms with Crippen molar-refractivity contribution in [2.24, 2.45) is 0 Å². The van der Waals surface area contributed by atoms with Crippen LogP contribution in [0.1, 0.15) is 37.8 Å². The first-order chi connectivity index (χ1) is 10.5. The smallest absolute Gasteiger partial charge is 0.223 e. The van der Waals surface area contributed by atoms with E-state index in [0.29, 0.717) is 24.7 Å². The third-order valence-corrected chi connectivity index (χ3v) is 4.50. The summed E-state index contributed by atoms with van der Waals surface area (Å²) >= 11 is 1.38. The summed E-state index contributed by atoms with van der Waals surface area (Å²) in [6.07, 6.45) is 1.51. The molecule has 22 heavy (non-hydrogen) atoms. The van der Waals surface area contributed by atoms with Crippen LogP contribution in [-0.2, 0) is 16.8 Å². The first-order valence-corrected chi connectivity index (χ1v) is 7.97. The van der Waals surface area contributed by atoms with E-state index >= 15 is 0 Å². The molecule has 0 saturated carbocycles. The number of carbonyl (C=O) groups excluding carboxylic acids is 1. The Morgan fingerprint density at radius 1 is 1.50 bits per heavy atom. The number of hydrogen-bond acceptors (Lipinski definition) is 8. The van der Waals surface area contributed by atoms with E-state index in [2.05, 4.69) is 29.7 Å². The van der Waals surface area contributed by atoms with E-state index in [-0.39, 0.29) is 5.91 Å². The number of aryl methyl sites for hydroxylation is 2. The molecule has 2 aromatic rings. The maximum atomic E-state index is 11.6. The third kappa shape index (κ3) is 2.68. The first kappa shape index (κ1) is 14.9. The highest BCUT2D eigenvalue weighted by atomic mass is 32.1. The van der Waals surface area contributed by atoms with Crippen LogP contribution in [-0.4, -0.2) is 38.5 Å². The van der Waals surface area contributed by atoms with Crippen LogP contribution in [0.15, 0.2) is 4.52 Å². The van der Waals surface area contributed by atoms with Gasteiger partial charge in [-0.05, 0) is 6.42 Å². The summed E-state index contributed by atoms with van der Waals surface area (Å²) < 4.78 is 9.41. The van der Waals surface area contributed by atoms with Crippen molar-refractivity contribution in [2.45, 2.75) is 39.2 Å². The lowest BCUT2D eigenvalue weighted by atomic mass is 9.97. The number of carbonyl (C=O) groups is 1. The molecule has 9 heteroatoms. The van der Waals surface area contributed by atoms with Gasteiger partial charge in [0.15, 0.2) is 5.82 Å². The third-order valence-electron chi connectivity index (χ3n) is 3.68. The van der Waals surface area contributed by atoms with E-state index in [1.165, 1.54) is 18.5 Å². The summed E-state index contributed by atoms with van der Waals surface area (Å²) in [5.74, 6) is 1.73. The highest BCUT2D eigenvalue weighted by Gasteiger charge is 2.45. The van der Waals surface area contributed by atoms with Crippen molar-refractivity contribution in [1.82, 2.24) is 24.8 Å². The molecule has 0 spiro atoms. The van der Waals surface area contributed by atoms with Crippen molar-refractivity contribution in [2.75, 3.05) is 18.0 Å². The molecule has 0 unspecified atom stereocenters. The van der Waals surface area contributed by atoms with Gasteiger partial charge in [0.25, 0.3) is 0 Å². The number of nitrogens with one attached hydrogen (secondary N) is 1. The number of amides is 1. The van der Waals surface area contributed by atoms with Gasteiger partial charge < -0.3 is 14.7 Å². The van der Waals surface area contributed by atoms with Crippen LogP contribution >= 0.6 is 11.5 Å². The Bertz CT molecular complexity index is 684. The number of rotatable bonds is 4. The SMILES string of the molecule is CCc1nsc(N2CC[C@@](NC(C)=O)(c3noc(C)n3)C2)n1. The largest absolute Gasteiger partial charge is 0.344 e. The van der Waals surface area contributed by atoms with Crippen molar-refractivity contribution in [3.8, 4) is 0 Å². The standard InChI is InChI=1S/C13H18N6O2S/c1-4-10-15-12(22-18-10)19-6-5-13(7-19,16-8(2)20)11-14-9(3)21-17-11/h4-7H2,1-3H3,(H,16,20)/t13-/m0/s1. The van der Waals surface area contributed by atoms with E-state index in [0.717, 1.165) is 23.9 Å². The Kier molecular flexibility index (Phi) is 3.81. The van der Waals surface area contributed by atoms with Gasteiger partial charge in [0.1, 0.15) is 11.4 Å². The predicted octanol–water partition coefficient (Wildman–Crippen LogP) is 1.03. The lowest BCUT2D eigenvalue weighted by Crippen LogP contribution is -2.48. The van der Waals surface area contributed by atoms with E-state index in [4.69, 9.17) is 4.52 Å². The van der Waals surface area contributed by atoms with Gasteiger partial charge >= 0.3 is 0 Å². The monoisotopic (exact) mass is 322 g/mol. The fourth-order valence-electron chi connectivity index (χ4n) is 2.66. The summed E-state index contributed by atoms with van der Waals surface area (Å²) in [6, 6.07) is 0. The van der Waals surface area contributed by atoms with Gasteiger partial charge in [-0.2, -0.15) is 9.36 Å². The fourth-order valence-corrected chi connectivity index (χ4v) is 3.44. The second kappa shape index (κ2) is 5.64. The van der Waals surface area contributed by atoms with Gasteiger partial charge in [-0.15, -0.1) is 0 Å². The molecular weight excluding hydrogens is 304 g/mol. The molecule has 2 aromatic heterocycles. The summed E-state index contributed by atoms with van der Waals surface area (Å²) in [7, 11) is 0. The molecule has 1 N–H and O–H groups in total. The Morgan fingerprint density at radius 3 is 2.91 bits per heavy atom. The molecule has 1 fully saturated rings. The number of hydrogen-bond donors (Lipinski definition) is 1. The fraction of sp³-hybridized carbons (Fsp3) is 0.615. The van der Waals surface area contributed by atoms with Gasteiger partial charge in [0, 0.05) is 38.3 Å². The molecule has 1 aliphatic rings. The van der Waals surface area contributed by atoms with Gasteiger partial charge in [0.2, 0.25) is 16.9 Å². The summed E-state index contributed by atoms with van der Waals surface area (Å²) in [5.41, 5.74) is -0.637. The molecule has 1 saturated heterocycles. The van der Waals surface area contributed by atoms with Crippen LogP contribution in [0.5, 0.6) is 0 Å². The molecule has 3 rings (SSSR count). The molecule has 1 amide bonds. The van der Waals surface area contributed by atoms with Crippen LogP contribution in [0.4, 0.5) is 5.13 Å². The van der Waals surface area contributed by atoms with E-state index in [9.17, 15) is 4.79 Å². The lowest BCUT2D eigenvalue weighted by Gasteiger charge is -2.26. The zero-order valence-corrected chi connectivity index (χ0v) is 13.6. The minimum absolute atomic E-state index is 0.115. The summed E-state index contributed by atoms with van der Waals surface area (Å²) in [5, 5.41) is 7.87. The van der Waals surface area contributed by atoms with Crippen molar-refractivity contribution in [3.63, 3.8) is 0 Å². The molecule has 118 valence electrons. The van der Waals surface area contributed by atoms with Gasteiger partial charge in [0.05, 0.1) is 6.54 Å². The van der Waals surface area contributed by atoms with E-state index in [1.54, 1.807) is 6.92 Å². The molecule has 1 atom stereocenters.